The smallest absolute Gasteiger partial charge is 0.161 e. The summed E-state index contributed by atoms with van der Waals surface area (Å²) >= 11 is 5.88. The predicted molar refractivity (Wildman–Crippen MR) is 78.1 cm³/mol. The molecule has 1 aliphatic rings. The third-order valence-electron chi connectivity index (χ3n) is 3.59. The molecule has 3 nitrogen and oxygen atoms in total. The van der Waals surface area contributed by atoms with Crippen molar-refractivity contribution in [2.24, 2.45) is 0 Å². The van der Waals surface area contributed by atoms with Crippen LogP contribution in [0.25, 0.3) is 11.4 Å². The molecule has 0 aliphatic heterocycles. The molecule has 0 bridgehead atoms. The van der Waals surface area contributed by atoms with Crippen LogP contribution < -0.4 is 5.73 Å². The molecule has 3 rings (SSSR count). The van der Waals surface area contributed by atoms with Crippen molar-refractivity contribution >= 4 is 17.4 Å². The minimum absolute atomic E-state index is 0.331. The van der Waals surface area contributed by atoms with Crippen molar-refractivity contribution < 1.29 is 4.39 Å². The topological polar surface area (TPSA) is 51.8 Å². The molecule has 2 N–H and O–H groups in total. The number of anilines is 1. The van der Waals surface area contributed by atoms with Gasteiger partial charge in [-0.1, -0.05) is 18.0 Å². The van der Waals surface area contributed by atoms with Crippen molar-refractivity contribution in [1.82, 2.24) is 9.97 Å². The second kappa shape index (κ2) is 5.37. The predicted octanol–water partition coefficient (Wildman–Crippen LogP) is 3.79. The molecule has 1 aliphatic carbocycles. The maximum absolute atomic E-state index is 13.4. The lowest BCUT2D eigenvalue weighted by Gasteiger charge is -2.10. The number of rotatable bonds is 1. The summed E-state index contributed by atoms with van der Waals surface area (Å²) in [6, 6.07) is 4.30. The fraction of sp³-hybridized carbons (Fsp3) is 0.333. The molecular formula is C15H15ClFN3. The van der Waals surface area contributed by atoms with Gasteiger partial charge in [-0.25, -0.2) is 14.4 Å². The summed E-state index contributed by atoms with van der Waals surface area (Å²) in [5.74, 6) is 0.557. The van der Waals surface area contributed by atoms with E-state index in [4.69, 9.17) is 17.3 Å². The number of benzene rings is 1. The van der Waals surface area contributed by atoms with Crippen molar-refractivity contribution in [2.75, 3.05) is 5.73 Å². The molecule has 1 heterocycles. The van der Waals surface area contributed by atoms with Gasteiger partial charge >= 0.3 is 0 Å². The fourth-order valence-corrected chi connectivity index (χ4v) is 2.83. The highest BCUT2D eigenvalue weighted by Gasteiger charge is 2.16. The molecule has 0 radical (unpaired) electrons. The Labute approximate surface area is 122 Å². The molecule has 2 aromatic rings. The lowest BCUT2D eigenvalue weighted by atomic mass is 10.1. The molecule has 20 heavy (non-hydrogen) atoms. The van der Waals surface area contributed by atoms with E-state index >= 15 is 0 Å². The number of aryl methyl sites for hydroxylation is 1. The number of nitrogens with zero attached hydrogens (tertiary/aromatic N) is 2. The zero-order valence-electron chi connectivity index (χ0n) is 11.0. The second-order valence-corrected chi connectivity index (χ2v) is 5.51. The number of hydrogen-bond acceptors (Lipinski definition) is 3. The Morgan fingerprint density at radius 3 is 2.65 bits per heavy atom. The molecule has 0 saturated heterocycles. The molecule has 1 aromatic carbocycles. The van der Waals surface area contributed by atoms with Gasteiger partial charge in [0.15, 0.2) is 5.82 Å². The van der Waals surface area contributed by atoms with Gasteiger partial charge in [-0.15, -0.1) is 0 Å². The van der Waals surface area contributed by atoms with Crippen LogP contribution in [-0.2, 0) is 12.8 Å². The molecular weight excluding hydrogens is 277 g/mol. The third-order valence-corrected chi connectivity index (χ3v) is 3.80. The summed E-state index contributed by atoms with van der Waals surface area (Å²) in [5, 5.41) is 0.331. The van der Waals surface area contributed by atoms with Gasteiger partial charge in [0, 0.05) is 21.8 Å². The Hall–Kier alpha value is -1.68. The molecule has 0 amide bonds. The van der Waals surface area contributed by atoms with Crippen molar-refractivity contribution in [3.05, 3.63) is 40.3 Å². The van der Waals surface area contributed by atoms with E-state index in [1.807, 2.05) is 0 Å². The Balaban J connectivity index is 2.10. The lowest BCUT2D eigenvalue weighted by molar-refractivity contribution is 0.628. The highest BCUT2D eigenvalue weighted by molar-refractivity contribution is 6.30. The quantitative estimate of drug-likeness (QED) is 0.813. The van der Waals surface area contributed by atoms with Crippen LogP contribution in [0.4, 0.5) is 10.2 Å². The molecule has 104 valence electrons. The van der Waals surface area contributed by atoms with E-state index in [2.05, 4.69) is 9.97 Å². The fourth-order valence-electron chi connectivity index (χ4n) is 2.61. The van der Waals surface area contributed by atoms with Crippen molar-refractivity contribution in [2.45, 2.75) is 32.1 Å². The van der Waals surface area contributed by atoms with E-state index in [1.54, 1.807) is 6.07 Å². The van der Waals surface area contributed by atoms with Gasteiger partial charge in [0.25, 0.3) is 0 Å². The Kier molecular flexibility index (Phi) is 3.57. The highest BCUT2D eigenvalue weighted by atomic mass is 35.5. The summed E-state index contributed by atoms with van der Waals surface area (Å²) in [4.78, 5) is 8.89. The zero-order valence-corrected chi connectivity index (χ0v) is 11.8. The monoisotopic (exact) mass is 291 g/mol. The van der Waals surface area contributed by atoms with Crippen LogP contribution in [0.3, 0.4) is 0 Å². The van der Waals surface area contributed by atoms with Gasteiger partial charge in [0.1, 0.15) is 11.6 Å². The van der Waals surface area contributed by atoms with Crippen molar-refractivity contribution in [1.29, 1.82) is 0 Å². The van der Waals surface area contributed by atoms with Crippen molar-refractivity contribution in [3.63, 3.8) is 0 Å². The van der Waals surface area contributed by atoms with E-state index in [-0.39, 0.29) is 0 Å². The van der Waals surface area contributed by atoms with Crippen LogP contribution >= 0.6 is 11.6 Å². The van der Waals surface area contributed by atoms with Gasteiger partial charge in [-0.2, -0.15) is 0 Å². The number of nitrogen functional groups attached to an aromatic ring is 1. The van der Waals surface area contributed by atoms with E-state index in [0.717, 1.165) is 36.9 Å². The molecule has 5 heteroatoms. The van der Waals surface area contributed by atoms with Crippen LogP contribution in [0.5, 0.6) is 0 Å². The number of hydrogen-bond donors (Lipinski definition) is 1. The maximum atomic E-state index is 13.4. The largest absolute Gasteiger partial charge is 0.383 e. The van der Waals surface area contributed by atoms with Crippen LogP contribution in [0.1, 0.15) is 30.5 Å². The first-order valence-electron chi connectivity index (χ1n) is 6.75. The zero-order chi connectivity index (χ0) is 14.1. The molecule has 0 saturated carbocycles. The highest BCUT2D eigenvalue weighted by Crippen LogP contribution is 2.27. The average Bonchev–Trinajstić information content (AvgIpc) is 2.63. The normalized spacial score (nSPS) is 14.7. The average molecular weight is 292 g/mol. The van der Waals surface area contributed by atoms with Crippen LogP contribution in [0.15, 0.2) is 18.2 Å². The van der Waals surface area contributed by atoms with Crippen LogP contribution in [0, 0.1) is 5.82 Å². The standard InChI is InChI=1S/C15H15ClFN3/c16-10-6-9(7-11(17)8-10)15-19-13-5-3-1-2-4-12(13)14(18)20-15/h6-8H,1-5H2,(H2,18,19,20). The number of aromatic nitrogens is 2. The number of halogens is 2. The first kappa shape index (κ1) is 13.3. The molecule has 0 unspecified atom stereocenters. The van der Waals surface area contributed by atoms with Gasteiger partial charge in [-0.3, -0.25) is 0 Å². The molecule has 0 atom stereocenters. The summed E-state index contributed by atoms with van der Waals surface area (Å²) in [6.07, 6.45) is 5.22. The number of fused-ring (bicyclic) bond motifs is 1. The molecule has 0 spiro atoms. The Morgan fingerprint density at radius 1 is 1.05 bits per heavy atom. The summed E-state index contributed by atoms with van der Waals surface area (Å²) in [7, 11) is 0. The van der Waals surface area contributed by atoms with Gasteiger partial charge in [0.05, 0.1) is 0 Å². The Bertz CT molecular complexity index is 638. The lowest BCUT2D eigenvalue weighted by Crippen LogP contribution is -2.06. The summed E-state index contributed by atoms with van der Waals surface area (Å²) in [6.45, 7) is 0. The maximum Gasteiger partial charge on any atom is 0.161 e. The van der Waals surface area contributed by atoms with E-state index in [9.17, 15) is 4.39 Å². The van der Waals surface area contributed by atoms with Crippen LogP contribution in [-0.4, -0.2) is 9.97 Å². The molecule has 1 aromatic heterocycles. The third kappa shape index (κ3) is 2.61. The molecule has 0 fully saturated rings. The van der Waals surface area contributed by atoms with Gasteiger partial charge in [0.2, 0.25) is 0 Å². The summed E-state index contributed by atoms with van der Waals surface area (Å²) in [5.41, 5.74) is 8.65. The number of nitrogens with two attached hydrogens (primary N) is 1. The van der Waals surface area contributed by atoms with E-state index in [0.29, 0.717) is 22.2 Å². The minimum atomic E-state index is -0.399. The second-order valence-electron chi connectivity index (χ2n) is 5.08. The SMILES string of the molecule is Nc1nc(-c2cc(F)cc(Cl)c2)nc2c1CCCCC2. The van der Waals surface area contributed by atoms with Gasteiger partial charge < -0.3 is 5.73 Å². The van der Waals surface area contributed by atoms with Crippen LogP contribution in [0.2, 0.25) is 5.02 Å². The van der Waals surface area contributed by atoms with E-state index in [1.165, 1.54) is 18.6 Å². The van der Waals surface area contributed by atoms with Crippen molar-refractivity contribution in [3.8, 4) is 11.4 Å². The van der Waals surface area contributed by atoms with Gasteiger partial charge in [-0.05, 0) is 43.9 Å². The summed E-state index contributed by atoms with van der Waals surface area (Å²) < 4.78 is 13.4. The van der Waals surface area contributed by atoms with E-state index < -0.39 is 5.82 Å². The minimum Gasteiger partial charge on any atom is -0.383 e. The Morgan fingerprint density at radius 2 is 1.85 bits per heavy atom. The first-order chi connectivity index (χ1) is 9.63. The first-order valence-corrected chi connectivity index (χ1v) is 7.13.